The van der Waals surface area contributed by atoms with Gasteiger partial charge in [-0.15, -0.1) is 0 Å². The van der Waals surface area contributed by atoms with E-state index >= 15 is 0 Å². The highest BCUT2D eigenvalue weighted by Crippen LogP contribution is 2.44. The van der Waals surface area contributed by atoms with Gasteiger partial charge in [0, 0.05) is 17.7 Å². The molecule has 25 heavy (non-hydrogen) atoms. The minimum Gasteiger partial charge on any atom is -0.496 e. The summed E-state index contributed by atoms with van der Waals surface area (Å²) in [5.74, 6) is 1.92. The zero-order valence-electron chi connectivity index (χ0n) is 14.7. The number of ether oxygens (including phenoxy) is 1. The van der Waals surface area contributed by atoms with E-state index in [9.17, 15) is 4.79 Å². The summed E-state index contributed by atoms with van der Waals surface area (Å²) in [6.07, 6.45) is 2.41. The van der Waals surface area contributed by atoms with Crippen molar-refractivity contribution >= 4 is 5.78 Å². The van der Waals surface area contributed by atoms with Crippen molar-refractivity contribution in [3.8, 4) is 5.75 Å². The van der Waals surface area contributed by atoms with E-state index in [0.29, 0.717) is 11.8 Å². The molecule has 3 aliphatic rings. The standard InChI is InChI=1S/C22H25NO2/c1-25-20-10-6-5-9-18(20)21(22(24)17-7-3-2-4-8-17)19-15-23-13-11-16(19)12-14-23/h2-10,16,19,21H,11-15H2,1H3/t19-,21-/m0/s1. The second-order valence-corrected chi connectivity index (χ2v) is 7.25. The normalized spacial score (nSPS) is 26.2. The van der Waals surface area contributed by atoms with Gasteiger partial charge in [0.25, 0.3) is 0 Å². The van der Waals surface area contributed by atoms with Crippen LogP contribution in [0.25, 0.3) is 0 Å². The van der Waals surface area contributed by atoms with Gasteiger partial charge in [0.05, 0.1) is 13.0 Å². The van der Waals surface area contributed by atoms with Crippen LogP contribution in [-0.4, -0.2) is 37.4 Å². The minimum atomic E-state index is -0.133. The van der Waals surface area contributed by atoms with Gasteiger partial charge in [-0.2, -0.15) is 0 Å². The second kappa shape index (κ2) is 7.01. The Balaban J connectivity index is 1.77. The molecule has 0 radical (unpaired) electrons. The Morgan fingerprint density at radius 2 is 1.72 bits per heavy atom. The fourth-order valence-corrected chi connectivity index (χ4v) is 4.66. The number of ketones is 1. The molecule has 0 amide bonds. The maximum Gasteiger partial charge on any atom is 0.170 e. The first-order chi connectivity index (χ1) is 12.3. The molecule has 3 fully saturated rings. The smallest absolute Gasteiger partial charge is 0.170 e. The van der Waals surface area contributed by atoms with Crippen molar-refractivity contribution in [2.45, 2.75) is 18.8 Å². The molecule has 0 unspecified atom stereocenters. The highest BCUT2D eigenvalue weighted by molar-refractivity contribution is 6.01. The fourth-order valence-electron chi connectivity index (χ4n) is 4.66. The van der Waals surface area contributed by atoms with E-state index in [1.807, 2.05) is 48.5 Å². The van der Waals surface area contributed by atoms with Gasteiger partial charge in [-0.25, -0.2) is 0 Å². The second-order valence-electron chi connectivity index (χ2n) is 7.25. The first-order valence-electron chi connectivity index (χ1n) is 9.22. The Labute approximate surface area is 149 Å². The predicted octanol–water partition coefficient (Wildman–Crippen LogP) is 4.00. The Morgan fingerprint density at radius 1 is 1.04 bits per heavy atom. The van der Waals surface area contributed by atoms with Crippen molar-refractivity contribution in [2.75, 3.05) is 26.7 Å². The van der Waals surface area contributed by atoms with Crippen molar-refractivity contribution in [1.82, 2.24) is 4.90 Å². The van der Waals surface area contributed by atoms with E-state index in [1.165, 1.54) is 25.9 Å². The number of hydrogen-bond acceptors (Lipinski definition) is 3. The summed E-state index contributed by atoms with van der Waals surface area (Å²) in [5.41, 5.74) is 1.84. The quantitative estimate of drug-likeness (QED) is 0.774. The minimum absolute atomic E-state index is 0.133. The molecule has 3 saturated heterocycles. The number of hydrogen-bond donors (Lipinski definition) is 0. The number of carbonyl (C=O) groups excluding carboxylic acids is 1. The van der Waals surface area contributed by atoms with Gasteiger partial charge in [-0.1, -0.05) is 48.5 Å². The van der Waals surface area contributed by atoms with Crippen LogP contribution in [0.1, 0.15) is 34.7 Å². The van der Waals surface area contributed by atoms with E-state index in [1.54, 1.807) is 7.11 Å². The first-order valence-corrected chi connectivity index (χ1v) is 9.22. The lowest BCUT2D eigenvalue weighted by Crippen LogP contribution is -2.50. The molecule has 5 rings (SSSR count). The number of benzene rings is 2. The van der Waals surface area contributed by atoms with Gasteiger partial charge in [0.1, 0.15) is 5.75 Å². The summed E-state index contributed by atoms with van der Waals surface area (Å²) in [7, 11) is 1.69. The van der Waals surface area contributed by atoms with Crippen LogP contribution in [0.5, 0.6) is 5.75 Å². The summed E-state index contributed by atoms with van der Waals surface area (Å²) in [4.78, 5) is 16.0. The van der Waals surface area contributed by atoms with Crippen LogP contribution in [-0.2, 0) is 0 Å². The molecular weight excluding hydrogens is 310 g/mol. The van der Waals surface area contributed by atoms with E-state index < -0.39 is 0 Å². The van der Waals surface area contributed by atoms with Crippen molar-refractivity contribution in [3.05, 3.63) is 65.7 Å². The molecule has 3 heteroatoms. The van der Waals surface area contributed by atoms with Gasteiger partial charge in [-0.05, 0) is 43.8 Å². The van der Waals surface area contributed by atoms with Gasteiger partial charge in [0.15, 0.2) is 5.78 Å². The zero-order chi connectivity index (χ0) is 17.2. The van der Waals surface area contributed by atoms with Gasteiger partial charge in [-0.3, -0.25) is 4.79 Å². The monoisotopic (exact) mass is 335 g/mol. The third-order valence-electron chi connectivity index (χ3n) is 5.95. The van der Waals surface area contributed by atoms with Crippen LogP contribution in [0.2, 0.25) is 0 Å². The molecule has 2 bridgehead atoms. The molecule has 3 nitrogen and oxygen atoms in total. The molecule has 0 aliphatic carbocycles. The SMILES string of the molecule is COc1ccccc1[C@H](C(=O)c1ccccc1)[C@H]1CN2CCC1CC2. The largest absolute Gasteiger partial charge is 0.496 e. The first kappa shape index (κ1) is 16.3. The summed E-state index contributed by atoms with van der Waals surface area (Å²) in [6, 6.07) is 17.8. The Kier molecular flexibility index (Phi) is 4.58. The van der Waals surface area contributed by atoms with Crippen molar-refractivity contribution < 1.29 is 9.53 Å². The summed E-state index contributed by atoms with van der Waals surface area (Å²) in [5, 5.41) is 0. The molecule has 0 saturated carbocycles. The average molecular weight is 335 g/mol. The van der Waals surface area contributed by atoms with Gasteiger partial charge in [0.2, 0.25) is 0 Å². The number of piperidine rings is 3. The van der Waals surface area contributed by atoms with Crippen LogP contribution in [0.15, 0.2) is 54.6 Å². The van der Waals surface area contributed by atoms with Crippen LogP contribution in [0.4, 0.5) is 0 Å². The number of nitrogens with zero attached hydrogens (tertiary/aromatic N) is 1. The maximum absolute atomic E-state index is 13.5. The van der Waals surface area contributed by atoms with E-state index in [-0.39, 0.29) is 11.7 Å². The average Bonchev–Trinajstić information content (AvgIpc) is 2.70. The van der Waals surface area contributed by atoms with Crippen molar-refractivity contribution in [2.24, 2.45) is 11.8 Å². The number of methoxy groups -OCH3 is 1. The number of rotatable bonds is 5. The van der Waals surface area contributed by atoms with E-state index in [2.05, 4.69) is 11.0 Å². The maximum atomic E-state index is 13.5. The molecule has 3 heterocycles. The molecule has 0 aromatic heterocycles. The third kappa shape index (κ3) is 3.09. The van der Waals surface area contributed by atoms with Crippen molar-refractivity contribution in [3.63, 3.8) is 0 Å². The lowest BCUT2D eigenvalue weighted by molar-refractivity contribution is 0.0343. The predicted molar refractivity (Wildman–Crippen MR) is 99.2 cm³/mol. The number of carbonyl (C=O) groups is 1. The molecule has 2 atom stereocenters. The lowest BCUT2D eigenvalue weighted by atomic mass is 9.68. The number of Topliss-reactive ketones (excluding diaryl/α,β-unsaturated/α-hetero) is 1. The molecule has 2 aromatic carbocycles. The summed E-state index contributed by atoms with van der Waals surface area (Å²) < 4.78 is 5.62. The van der Waals surface area contributed by atoms with Crippen LogP contribution in [0.3, 0.4) is 0 Å². The molecule has 0 spiro atoms. The summed E-state index contributed by atoms with van der Waals surface area (Å²) in [6.45, 7) is 3.38. The van der Waals surface area contributed by atoms with Gasteiger partial charge < -0.3 is 9.64 Å². The number of para-hydroxylation sites is 1. The molecule has 130 valence electrons. The summed E-state index contributed by atoms with van der Waals surface area (Å²) >= 11 is 0. The molecular formula is C22H25NO2. The van der Waals surface area contributed by atoms with Gasteiger partial charge >= 0.3 is 0 Å². The Bertz CT molecular complexity index is 735. The lowest BCUT2D eigenvalue weighted by Gasteiger charge is -2.47. The third-order valence-corrected chi connectivity index (χ3v) is 5.95. The Morgan fingerprint density at radius 3 is 2.36 bits per heavy atom. The highest BCUT2D eigenvalue weighted by atomic mass is 16.5. The van der Waals surface area contributed by atoms with Crippen molar-refractivity contribution in [1.29, 1.82) is 0 Å². The highest BCUT2D eigenvalue weighted by Gasteiger charge is 2.42. The van der Waals surface area contributed by atoms with Crippen LogP contribution < -0.4 is 4.74 Å². The van der Waals surface area contributed by atoms with E-state index in [0.717, 1.165) is 23.4 Å². The molecule has 3 aliphatic heterocycles. The molecule has 0 N–H and O–H groups in total. The van der Waals surface area contributed by atoms with Crippen LogP contribution in [0, 0.1) is 11.8 Å². The van der Waals surface area contributed by atoms with Crippen LogP contribution >= 0.6 is 0 Å². The fraction of sp³-hybridized carbons (Fsp3) is 0.409. The topological polar surface area (TPSA) is 29.5 Å². The Hall–Kier alpha value is -2.13. The molecule has 2 aromatic rings. The van der Waals surface area contributed by atoms with E-state index in [4.69, 9.17) is 4.74 Å². The number of fused-ring (bicyclic) bond motifs is 3. The zero-order valence-corrected chi connectivity index (χ0v) is 14.7.